The van der Waals surface area contributed by atoms with E-state index in [1.165, 1.54) is 13.2 Å². The standard InChI is InChI=1S/C12H10O3.C11H8O3/c1-15-12(14)11-4-2-3-8-7-9(13)5-6-10(8)11;12-8-4-5-9-7(6-8)2-1-3-10(9)11(13)14/h2-7,13H,1H3;1-6,12H,(H,13,14). The lowest BCUT2D eigenvalue weighted by atomic mass is 10.0. The Balaban J connectivity index is 0.000000166. The van der Waals surface area contributed by atoms with Gasteiger partial charge < -0.3 is 20.1 Å². The molecule has 0 aliphatic rings. The van der Waals surface area contributed by atoms with Gasteiger partial charge in [0.1, 0.15) is 11.5 Å². The van der Waals surface area contributed by atoms with Crippen LogP contribution in [0.4, 0.5) is 0 Å². The molecule has 6 nitrogen and oxygen atoms in total. The van der Waals surface area contributed by atoms with Gasteiger partial charge in [-0.25, -0.2) is 9.59 Å². The lowest BCUT2D eigenvalue weighted by Gasteiger charge is -2.04. The molecule has 0 saturated carbocycles. The number of hydrogen-bond donors (Lipinski definition) is 3. The normalized spacial score (nSPS) is 10.2. The van der Waals surface area contributed by atoms with Crippen LogP contribution in [0.25, 0.3) is 21.5 Å². The molecular formula is C23H18O6. The number of methoxy groups -OCH3 is 1. The number of ether oxygens (including phenoxy) is 1. The summed E-state index contributed by atoms with van der Waals surface area (Å²) in [6, 6.07) is 19.8. The van der Waals surface area contributed by atoms with Gasteiger partial charge in [0.2, 0.25) is 0 Å². The van der Waals surface area contributed by atoms with Crippen molar-refractivity contribution in [3.05, 3.63) is 83.9 Å². The number of phenolic OH excluding ortho intramolecular Hbond substituents is 2. The Morgan fingerprint density at radius 3 is 1.69 bits per heavy atom. The fraction of sp³-hybridized carbons (Fsp3) is 0.0435. The van der Waals surface area contributed by atoms with Crippen molar-refractivity contribution in [2.75, 3.05) is 7.11 Å². The number of hydrogen-bond acceptors (Lipinski definition) is 5. The van der Waals surface area contributed by atoms with Crippen LogP contribution in [0.5, 0.6) is 11.5 Å². The fourth-order valence-electron chi connectivity index (χ4n) is 3.02. The number of carboxylic acid groups (broad SMARTS) is 1. The Morgan fingerprint density at radius 1 is 0.724 bits per heavy atom. The van der Waals surface area contributed by atoms with Gasteiger partial charge in [-0.15, -0.1) is 0 Å². The van der Waals surface area contributed by atoms with Crippen molar-refractivity contribution < 1.29 is 29.6 Å². The maximum atomic E-state index is 11.4. The molecule has 4 rings (SSSR count). The number of aromatic carboxylic acids is 1. The molecule has 6 heteroatoms. The number of fused-ring (bicyclic) bond motifs is 2. The Morgan fingerprint density at radius 2 is 1.21 bits per heavy atom. The van der Waals surface area contributed by atoms with Crippen molar-refractivity contribution in [3.8, 4) is 11.5 Å². The lowest BCUT2D eigenvalue weighted by Crippen LogP contribution is -2.01. The van der Waals surface area contributed by atoms with Crippen molar-refractivity contribution >= 4 is 33.5 Å². The molecule has 146 valence electrons. The average molecular weight is 390 g/mol. The number of benzene rings is 4. The van der Waals surface area contributed by atoms with E-state index in [0.29, 0.717) is 10.9 Å². The summed E-state index contributed by atoms with van der Waals surface area (Å²) >= 11 is 0. The van der Waals surface area contributed by atoms with Crippen molar-refractivity contribution in [1.82, 2.24) is 0 Å². The molecule has 0 fully saturated rings. The zero-order chi connectivity index (χ0) is 21.0. The smallest absolute Gasteiger partial charge is 0.338 e. The van der Waals surface area contributed by atoms with Crippen LogP contribution < -0.4 is 0 Å². The highest BCUT2D eigenvalue weighted by Crippen LogP contribution is 2.24. The molecule has 0 aliphatic carbocycles. The molecule has 0 heterocycles. The molecule has 0 aliphatic heterocycles. The first-order chi connectivity index (χ1) is 13.9. The van der Waals surface area contributed by atoms with E-state index in [2.05, 4.69) is 4.74 Å². The number of rotatable bonds is 2. The number of carbonyl (C=O) groups excluding carboxylic acids is 1. The van der Waals surface area contributed by atoms with E-state index < -0.39 is 5.97 Å². The Bertz CT molecular complexity index is 1210. The van der Waals surface area contributed by atoms with E-state index >= 15 is 0 Å². The van der Waals surface area contributed by atoms with Crippen LogP contribution in [0.2, 0.25) is 0 Å². The second-order valence-electron chi connectivity index (χ2n) is 6.22. The minimum Gasteiger partial charge on any atom is -0.508 e. The molecule has 3 N–H and O–H groups in total. The van der Waals surface area contributed by atoms with Gasteiger partial charge in [-0.2, -0.15) is 0 Å². The zero-order valence-corrected chi connectivity index (χ0v) is 15.5. The van der Waals surface area contributed by atoms with Gasteiger partial charge in [0.25, 0.3) is 0 Å². The highest BCUT2D eigenvalue weighted by atomic mass is 16.5. The Kier molecular flexibility index (Phi) is 5.64. The first kappa shape index (κ1) is 19.7. The van der Waals surface area contributed by atoms with Gasteiger partial charge in [0.05, 0.1) is 18.2 Å². The van der Waals surface area contributed by atoms with Gasteiger partial charge in [-0.05, 0) is 70.1 Å². The minimum absolute atomic E-state index is 0.139. The molecule has 0 saturated heterocycles. The quantitative estimate of drug-likeness (QED) is 0.433. The molecule has 0 amide bonds. The first-order valence-corrected chi connectivity index (χ1v) is 8.66. The summed E-state index contributed by atoms with van der Waals surface area (Å²) in [6.45, 7) is 0. The third-order valence-electron chi connectivity index (χ3n) is 4.36. The number of carbonyl (C=O) groups is 2. The third-order valence-corrected chi connectivity index (χ3v) is 4.36. The van der Waals surface area contributed by atoms with Crippen LogP contribution in [0.1, 0.15) is 20.7 Å². The number of carboxylic acids is 1. The predicted octanol–water partition coefficient (Wildman–Crippen LogP) is 4.58. The van der Waals surface area contributed by atoms with Crippen molar-refractivity contribution in [2.24, 2.45) is 0 Å². The lowest BCUT2D eigenvalue weighted by molar-refractivity contribution is 0.0602. The van der Waals surface area contributed by atoms with Crippen LogP contribution in [0.3, 0.4) is 0 Å². The topological polar surface area (TPSA) is 104 Å². The summed E-state index contributed by atoms with van der Waals surface area (Å²) in [5.74, 6) is -1.00. The van der Waals surface area contributed by atoms with Crippen LogP contribution in [-0.4, -0.2) is 34.4 Å². The van der Waals surface area contributed by atoms with Crippen LogP contribution in [-0.2, 0) is 4.74 Å². The van der Waals surface area contributed by atoms with Crippen LogP contribution in [0.15, 0.2) is 72.8 Å². The molecular weight excluding hydrogens is 372 g/mol. The molecule has 4 aromatic carbocycles. The van der Waals surface area contributed by atoms with E-state index in [1.54, 1.807) is 60.7 Å². The Hall–Kier alpha value is -4.06. The minimum atomic E-state index is -0.957. The maximum absolute atomic E-state index is 11.4. The number of esters is 1. The van der Waals surface area contributed by atoms with Crippen LogP contribution in [0, 0.1) is 0 Å². The zero-order valence-electron chi connectivity index (χ0n) is 15.5. The number of aromatic hydroxyl groups is 2. The summed E-state index contributed by atoms with van der Waals surface area (Å²) < 4.78 is 4.67. The van der Waals surface area contributed by atoms with Crippen molar-refractivity contribution in [2.45, 2.75) is 0 Å². The second kappa shape index (κ2) is 8.31. The molecule has 29 heavy (non-hydrogen) atoms. The summed E-state index contributed by atoms with van der Waals surface area (Å²) in [6.07, 6.45) is 0. The third kappa shape index (κ3) is 4.27. The van der Waals surface area contributed by atoms with Crippen molar-refractivity contribution in [3.63, 3.8) is 0 Å². The Labute approximate surface area is 166 Å². The van der Waals surface area contributed by atoms with E-state index in [4.69, 9.17) is 5.11 Å². The molecule has 0 unspecified atom stereocenters. The number of phenols is 2. The maximum Gasteiger partial charge on any atom is 0.338 e. The van der Waals surface area contributed by atoms with E-state index in [0.717, 1.165) is 16.2 Å². The molecule has 0 spiro atoms. The fourth-order valence-corrected chi connectivity index (χ4v) is 3.02. The van der Waals surface area contributed by atoms with Crippen LogP contribution >= 0.6 is 0 Å². The molecule has 0 aromatic heterocycles. The highest BCUT2D eigenvalue weighted by Gasteiger charge is 2.09. The SMILES string of the molecule is COC(=O)c1cccc2cc(O)ccc12.O=C(O)c1cccc2cc(O)ccc12. The van der Waals surface area contributed by atoms with E-state index in [1.807, 2.05) is 6.07 Å². The monoisotopic (exact) mass is 390 g/mol. The summed E-state index contributed by atoms with van der Waals surface area (Å²) in [5, 5.41) is 30.4. The van der Waals surface area contributed by atoms with Crippen molar-refractivity contribution in [1.29, 1.82) is 0 Å². The van der Waals surface area contributed by atoms with E-state index in [-0.39, 0.29) is 23.0 Å². The summed E-state index contributed by atoms with van der Waals surface area (Å²) in [5.41, 5.74) is 0.762. The predicted molar refractivity (Wildman–Crippen MR) is 110 cm³/mol. The van der Waals surface area contributed by atoms with Gasteiger partial charge in [-0.3, -0.25) is 0 Å². The summed E-state index contributed by atoms with van der Waals surface area (Å²) in [7, 11) is 1.35. The van der Waals surface area contributed by atoms with E-state index in [9.17, 15) is 19.8 Å². The average Bonchev–Trinajstić information content (AvgIpc) is 2.72. The molecule has 0 atom stereocenters. The highest BCUT2D eigenvalue weighted by molar-refractivity contribution is 6.05. The van der Waals surface area contributed by atoms with Gasteiger partial charge in [0.15, 0.2) is 0 Å². The summed E-state index contributed by atoms with van der Waals surface area (Å²) in [4.78, 5) is 22.3. The second-order valence-corrected chi connectivity index (χ2v) is 6.22. The molecule has 0 radical (unpaired) electrons. The largest absolute Gasteiger partial charge is 0.508 e. The van der Waals surface area contributed by atoms with Gasteiger partial charge in [-0.1, -0.05) is 24.3 Å². The molecule has 4 aromatic rings. The van der Waals surface area contributed by atoms with Gasteiger partial charge >= 0.3 is 11.9 Å². The molecule has 0 bridgehead atoms. The first-order valence-electron chi connectivity index (χ1n) is 8.66. The van der Waals surface area contributed by atoms with Gasteiger partial charge in [0, 0.05) is 0 Å².